The average molecular weight is 367 g/mol. The van der Waals surface area contributed by atoms with Crippen molar-refractivity contribution in [3.05, 3.63) is 34.1 Å². The quantitative estimate of drug-likeness (QED) is 0.787. The Morgan fingerprint density at radius 1 is 1.53 bits per heavy atom. The molecule has 1 aromatic carbocycles. The number of hydrogen-bond acceptors (Lipinski definition) is 1. The van der Waals surface area contributed by atoms with Crippen molar-refractivity contribution in [2.24, 2.45) is 0 Å². The van der Waals surface area contributed by atoms with Gasteiger partial charge in [-0.2, -0.15) is 0 Å². The topological polar surface area (TPSA) is 29.1 Å². The molecule has 0 spiro atoms. The van der Waals surface area contributed by atoms with Crippen LogP contribution in [0.4, 0.5) is 4.39 Å². The number of halogens is 3. The standard InChI is InChI=1S/C12H14Br2FNO/c1-2-3-9(13)7-16-12(17)8-4-5-11(15)10(14)6-8/h4-6,9H,2-3,7H2,1H3,(H,16,17). The van der Waals surface area contributed by atoms with Crippen molar-refractivity contribution in [3.8, 4) is 0 Å². The molecule has 94 valence electrons. The summed E-state index contributed by atoms with van der Waals surface area (Å²) in [6.07, 6.45) is 2.07. The number of carbonyl (C=O) groups excluding carboxylic acids is 1. The van der Waals surface area contributed by atoms with Gasteiger partial charge in [-0.05, 0) is 40.5 Å². The van der Waals surface area contributed by atoms with Crippen molar-refractivity contribution in [1.29, 1.82) is 0 Å². The van der Waals surface area contributed by atoms with Crippen LogP contribution >= 0.6 is 31.9 Å². The molecule has 0 aliphatic carbocycles. The van der Waals surface area contributed by atoms with Crippen molar-refractivity contribution >= 4 is 37.8 Å². The molecule has 1 amide bonds. The molecule has 0 radical (unpaired) electrons. The third kappa shape index (κ3) is 4.76. The monoisotopic (exact) mass is 365 g/mol. The SMILES string of the molecule is CCCC(Br)CNC(=O)c1ccc(F)c(Br)c1. The molecule has 1 unspecified atom stereocenters. The van der Waals surface area contributed by atoms with E-state index in [9.17, 15) is 9.18 Å². The molecule has 2 nitrogen and oxygen atoms in total. The summed E-state index contributed by atoms with van der Waals surface area (Å²) in [5, 5.41) is 2.80. The zero-order chi connectivity index (χ0) is 12.8. The van der Waals surface area contributed by atoms with Crippen LogP contribution in [0.15, 0.2) is 22.7 Å². The molecule has 1 aromatic rings. The second-order valence-corrected chi connectivity index (χ2v) is 5.87. The second-order valence-electron chi connectivity index (χ2n) is 3.72. The van der Waals surface area contributed by atoms with E-state index >= 15 is 0 Å². The van der Waals surface area contributed by atoms with E-state index in [0.717, 1.165) is 12.8 Å². The molecule has 0 bridgehead atoms. The van der Waals surface area contributed by atoms with Gasteiger partial charge in [-0.1, -0.05) is 29.3 Å². The first kappa shape index (κ1) is 14.6. The summed E-state index contributed by atoms with van der Waals surface area (Å²) in [5.41, 5.74) is 0.453. The maximum Gasteiger partial charge on any atom is 0.251 e. The molecule has 0 saturated heterocycles. The van der Waals surface area contributed by atoms with Gasteiger partial charge < -0.3 is 5.32 Å². The van der Waals surface area contributed by atoms with Crippen molar-refractivity contribution < 1.29 is 9.18 Å². The van der Waals surface area contributed by atoms with Crippen LogP contribution in [-0.4, -0.2) is 17.3 Å². The normalized spacial score (nSPS) is 12.2. The van der Waals surface area contributed by atoms with Crippen LogP contribution in [-0.2, 0) is 0 Å². The highest BCUT2D eigenvalue weighted by molar-refractivity contribution is 9.10. The summed E-state index contributed by atoms with van der Waals surface area (Å²) in [4.78, 5) is 12.0. The number of alkyl halides is 1. The van der Waals surface area contributed by atoms with Crippen LogP contribution in [0.3, 0.4) is 0 Å². The first-order valence-corrected chi connectivity index (χ1v) is 7.12. The average Bonchev–Trinajstić information content (AvgIpc) is 2.30. The molecule has 17 heavy (non-hydrogen) atoms. The fourth-order valence-electron chi connectivity index (χ4n) is 1.36. The van der Waals surface area contributed by atoms with Gasteiger partial charge in [0.1, 0.15) is 5.82 Å². The van der Waals surface area contributed by atoms with Crippen LogP contribution in [0.1, 0.15) is 30.1 Å². The van der Waals surface area contributed by atoms with Gasteiger partial charge in [-0.3, -0.25) is 4.79 Å². The van der Waals surface area contributed by atoms with Crippen LogP contribution in [0.2, 0.25) is 0 Å². The molecule has 0 saturated carbocycles. The van der Waals surface area contributed by atoms with Crippen molar-refractivity contribution in [1.82, 2.24) is 5.32 Å². The van der Waals surface area contributed by atoms with Gasteiger partial charge in [0.15, 0.2) is 0 Å². The molecule has 0 aromatic heterocycles. The fourth-order valence-corrected chi connectivity index (χ4v) is 2.36. The lowest BCUT2D eigenvalue weighted by Gasteiger charge is -2.10. The summed E-state index contributed by atoms with van der Waals surface area (Å²) in [6, 6.07) is 4.23. The summed E-state index contributed by atoms with van der Waals surface area (Å²) in [5.74, 6) is -0.558. The third-order valence-corrected chi connectivity index (χ3v) is 3.66. The maximum atomic E-state index is 13.0. The summed E-state index contributed by atoms with van der Waals surface area (Å²) >= 11 is 6.54. The third-order valence-electron chi connectivity index (χ3n) is 2.27. The maximum absolute atomic E-state index is 13.0. The highest BCUT2D eigenvalue weighted by atomic mass is 79.9. The Balaban J connectivity index is 2.55. The Morgan fingerprint density at radius 2 is 2.24 bits per heavy atom. The zero-order valence-electron chi connectivity index (χ0n) is 9.47. The number of nitrogens with one attached hydrogen (secondary N) is 1. The molecule has 1 rings (SSSR count). The van der Waals surface area contributed by atoms with E-state index < -0.39 is 0 Å². The predicted molar refractivity (Wildman–Crippen MR) is 74.1 cm³/mol. The van der Waals surface area contributed by atoms with E-state index in [4.69, 9.17) is 0 Å². The van der Waals surface area contributed by atoms with Crippen LogP contribution in [0.25, 0.3) is 0 Å². The first-order valence-electron chi connectivity index (χ1n) is 5.42. The minimum absolute atomic E-state index is 0.189. The second kappa shape index (κ2) is 7.11. The van der Waals surface area contributed by atoms with Gasteiger partial charge in [0, 0.05) is 16.9 Å². The summed E-state index contributed by atoms with van der Waals surface area (Å²) in [7, 11) is 0. The van der Waals surface area contributed by atoms with E-state index in [0.29, 0.717) is 16.6 Å². The first-order chi connectivity index (χ1) is 8.04. The molecule has 1 N–H and O–H groups in total. The molecule has 0 fully saturated rings. The van der Waals surface area contributed by atoms with Gasteiger partial charge in [0.2, 0.25) is 0 Å². The van der Waals surface area contributed by atoms with Crippen LogP contribution in [0, 0.1) is 5.82 Å². The minimum Gasteiger partial charge on any atom is -0.351 e. The highest BCUT2D eigenvalue weighted by Crippen LogP contribution is 2.16. The Morgan fingerprint density at radius 3 is 2.82 bits per heavy atom. The Bertz CT molecular complexity index is 398. The van der Waals surface area contributed by atoms with Crippen molar-refractivity contribution in [2.75, 3.05) is 6.54 Å². The Hall–Kier alpha value is -0.420. The largest absolute Gasteiger partial charge is 0.351 e. The van der Waals surface area contributed by atoms with E-state index in [1.165, 1.54) is 18.2 Å². The highest BCUT2D eigenvalue weighted by Gasteiger charge is 2.10. The number of amides is 1. The van der Waals surface area contributed by atoms with Gasteiger partial charge in [0.25, 0.3) is 5.91 Å². The van der Waals surface area contributed by atoms with E-state index in [1.54, 1.807) is 0 Å². The lowest BCUT2D eigenvalue weighted by atomic mass is 10.2. The molecular weight excluding hydrogens is 353 g/mol. The van der Waals surface area contributed by atoms with Crippen LogP contribution < -0.4 is 5.32 Å². The van der Waals surface area contributed by atoms with E-state index in [-0.39, 0.29) is 16.6 Å². The fraction of sp³-hybridized carbons (Fsp3) is 0.417. The Kier molecular flexibility index (Phi) is 6.12. The zero-order valence-corrected chi connectivity index (χ0v) is 12.6. The van der Waals surface area contributed by atoms with E-state index in [2.05, 4.69) is 44.1 Å². The summed E-state index contributed by atoms with van der Waals surface area (Å²) in [6.45, 7) is 2.66. The number of rotatable bonds is 5. The lowest BCUT2D eigenvalue weighted by molar-refractivity contribution is 0.0953. The molecule has 0 aliphatic heterocycles. The number of carbonyl (C=O) groups is 1. The minimum atomic E-state index is -0.370. The Labute approximate surface area is 117 Å². The summed E-state index contributed by atoms with van der Waals surface area (Å²) < 4.78 is 13.3. The number of benzene rings is 1. The van der Waals surface area contributed by atoms with Gasteiger partial charge in [0.05, 0.1) is 4.47 Å². The van der Waals surface area contributed by atoms with Gasteiger partial charge in [-0.25, -0.2) is 4.39 Å². The van der Waals surface area contributed by atoms with Crippen molar-refractivity contribution in [2.45, 2.75) is 24.6 Å². The predicted octanol–water partition coefficient (Wildman–Crippen LogP) is 3.88. The van der Waals surface area contributed by atoms with E-state index in [1.807, 2.05) is 0 Å². The van der Waals surface area contributed by atoms with Gasteiger partial charge in [-0.15, -0.1) is 0 Å². The van der Waals surface area contributed by atoms with Crippen molar-refractivity contribution in [3.63, 3.8) is 0 Å². The molecule has 5 heteroatoms. The van der Waals surface area contributed by atoms with Crippen LogP contribution in [0.5, 0.6) is 0 Å². The lowest BCUT2D eigenvalue weighted by Crippen LogP contribution is -2.29. The molecule has 0 heterocycles. The number of hydrogen-bond donors (Lipinski definition) is 1. The molecular formula is C12H14Br2FNO. The van der Waals surface area contributed by atoms with Gasteiger partial charge >= 0.3 is 0 Å². The molecule has 1 atom stereocenters. The smallest absolute Gasteiger partial charge is 0.251 e. The molecule has 0 aliphatic rings.